The number of rotatable bonds is 4. The van der Waals surface area contributed by atoms with E-state index in [-0.39, 0.29) is 0 Å². The summed E-state index contributed by atoms with van der Waals surface area (Å²) in [7, 11) is 1.65. The van der Waals surface area contributed by atoms with Crippen LogP contribution in [0.25, 0.3) is 0 Å². The van der Waals surface area contributed by atoms with E-state index in [4.69, 9.17) is 9.47 Å². The van der Waals surface area contributed by atoms with Gasteiger partial charge in [0.2, 0.25) is 0 Å². The van der Waals surface area contributed by atoms with E-state index in [2.05, 4.69) is 0 Å². The van der Waals surface area contributed by atoms with E-state index in [0.29, 0.717) is 6.61 Å². The Morgan fingerprint density at radius 1 is 1.50 bits per heavy atom. The first-order valence-electron chi connectivity index (χ1n) is 2.75. The summed E-state index contributed by atoms with van der Waals surface area (Å²) in [6, 6.07) is 0. The van der Waals surface area contributed by atoms with Gasteiger partial charge in [0.15, 0.2) is 0 Å². The molecule has 0 saturated heterocycles. The summed E-state index contributed by atoms with van der Waals surface area (Å²) < 4.78 is 9.87. The van der Waals surface area contributed by atoms with E-state index in [0.717, 1.165) is 12.7 Å². The summed E-state index contributed by atoms with van der Waals surface area (Å²) >= 11 is 0. The van der Waals surface area contributed by atoms with Crippen LogP contribution in [0.3, 0.4) is 0 Å². The first-order chi connectivity index (χ1) is 3.81. The van der Waals surface area contributed by atoms with Gasteiger partial charge in [-0.25, -0.2) is 0 Å². The standard InChI is InChI=1S/C6H13O2/c1-4-8-5-6(2)7-3/h4-5H2,1-3H3. The molecule has 0 aliphatic heterocycles. The predicted octanol–water partition coefficient (Wildman–Crippen LogP) is 1.22. The molecule has 8 heavy (non-hydrogen) atoms. The van der Waals surface area contributed by atoms with Gasteiger partial charge in [-0.1, -0.05) is 0 Å². The molecule has 0 aromatic heterocycles. The van der Waals surface area contributed by atoms with Crippen molar-refractivity contribution >= 4 is 0 Å². The van der Waals surface area contributed by atoms with Crippen molar-refractivity contribution in [2.24, 2.45) is 0 Å². The lowest BCUT2D eigenvalue weighted by Gasteiger charge is -2.05. The van der Waals surface area contributed by atoms with Gasteiger partial charge in [-0.05, 0) is 13.8 Å². The van der Waals surface area contributed by atoms with Gasteiger partial charge in [-0.2, -0.15) is 0 Å². The largest absolute Gasteiger partial charge is 0.379 e. The minimum Gasteiger partial charge on any atom is -0.379 e. The lowest BCUT2D eigenvalue weighted by Crippen LogP contribution is -2.04. The van der Waals surface area contributed by atoms with Crippen LogP contribution >= 0.6 is 0 Å². The maximum atomic E-state index is 5.02. The Kier molecular flexibility index (Phi) is 5.01. The summed E-state index contributed by atoms with van der Waals surface area (Å²) in [5.41, 5.74) is 0. The summed E-state index contributed by atoms with van der Waals surface area (Å²) in [4.78, 5) is 0. The minimum atomic E-state index is 0.618. The highest BCUT2D eigenvalue weighted by Crippen LogP contribution is 1.96. The second-order valence-corrected chi connectivity index (χ2v) is 1.54. The highest BCUT2D eigenvalue weighted by molar-refractivity contribution is 4.67. The molecule has 2 nitrogen and oxygen atoms in total. The van der Waals surface area contributed by atoms with Crippen LogP contribution in [0.2, 0.25) is 0 Å². The van der Waals surface area contributed by atoms with Gasteiger partial charge >= 0.3 is 0 Å². The first-order valence-corrected chi connectivity index (χ1v) is 2.75. The number of ether oxygens (including phenoxy) is 2. The molecule has 2 heteroatoms. The third kappa shape index (κ3) is 4.09. The molecular formula is C6H13O2. The van der Waals surface area contributed by atoms with Crippen molar-refractivity contribution in [1.82, 2.24) is 0 Å². The molecule has 0 heterocycles. The maximum Gasteiger partial charge on any atom is 0.119 e. The first kappa shape index (κ1) is 7.92. The van der Waals surface area contributed by atoms with E-state index in [1.165, 1.54) is 0 Å². The van der Waals surface area contributed by atoms with Crippen molar-refractivity contribution in [3.63, 3.8) is 0 Å². The minimum absolute atomic E-state index is 0.618. The topological polar surface area (TPSA) is 18.5 Å². The van der Waals surface area contributed by atoms with Gasteiger partial charge in [0.05, 0.1) is 6.61 Å². The van der Waals surface area contributed by atoms with Gasteiger partial charge in [-0.15, -0.1) is 0 Å². The summed E-state index contributed by atoms with van der Waals surface area (Å²) in [6.07, 6.45) is 0.923. The van der Waals surface area contributed by atoms with Crippen molar-refractivity contribution < 1.29 is 9.47 Å². The zero-order valence-corrected chi connectivity index (χ0v) is 5.73. The molecule has 0 saturated carbocycles. The Morgan fingerprint density at radius 3 is 2.50 bits per heavy atom. The van der Waals surface area contributed by atoms with Crippen LogP contribution in [0.5, 0.6) is 0 Å². The van der Waals surface area contributed by atoms with Gasteiger partial charge < -0.3 is 9.47 Å². The highest BCUT2D eigenvalue weighted by Gasteiger charge is 1.96. The predicted molar refractivity (Wildman–Crippen MR) is 32.4 cm³/mol. The molecular weight excluding hydrogens is 104 g/mol. The SMILES string of the molecule is CCOC[C](C)OC. The van der Waals surface area contributed by atoms with E-state index >= 15 is 0 Å². The Morgan fingerprint density at radius 2 is 2.12 bits per heavy atom. The second-order valence-electron chi connectivity index (χ2n) is 1.54. The van der Waals surface area contributed by atoms with Crippen LogP contribution in [0.4, 0.5) is 0 Å². The van der Waals surface area contributed by atoms with Crippen LogP contribution in [0.15, 0.2) is 0 Å². The second kappa shape index (κ2) is 5.06. The monoisotopic (exact) mass is 117 g/mol. The normalized spacial score (nSPS) is 10.5. The Bertz CT molecular complexity index is 45.8. The molecule has 0 aromatic rings. The lowest BCUT2D eigenvalue weighted by molar-refractivity contribution is 0.0853. The van der Waals surface area contributed by atoms with Crippen molar-refractivity contribution in [3.05, 3.63) is 6.10 Å². The van der Waals surface area contributed by atoms with E-state index in [1.54, 1.807) is 7.11 Å². The fourth-order valence-electron chi connectivity index (χ4n) is 0.305. The number of methoxy groups -OCH3 is 1. The Hall–Kier alpha value is -0.0800. The zero-order chi connectivity index (χ0) is 6.41. The quantitative estimate of drug-likeness (QED) is 0.551. The highest BCUT2D eigenvalue weighted by atomic mass is 16.5. The molecule has 0 spiro atoms. The molecule has 0 aromatic carbocycles. The zero-order valence-electron chi connectivity index (χ0n) is 5.73. The lowest BCUT2D eigenvalue weighted by atomic mass is 10.4. The van der Waals surface area contributed by atoms with Crippen LogP contribution in [-0.2, 0) is 9.47 Å². The van der Waals surface area contributed by atoms with E-state index in [9.17, 15) is 0 Å². The fourth-order valence-corrected chi connectivity index (χ4v) is 0.305. The molecule has 49 valence electrons. The average molecular weight is 117 g/mol. The van der Waals surface area contributed by atoms with Gasteiger partial charge in [0.1, 0.15) is 6.10 Å². The third-order valence-corrected chi connectivity index (χ3v) is 0.858. The van der Waals surface area contributed by atoms with E-state index in [1.807, 2.05) is 13.8 Å². The van der Waals surface area contributed by atoms with Gasteiger partial charge in [-0.3, -0.25) is 0 Å². The number of hydrogen-bond donors (Lipinski definition) is 0. The summed E-state index contributed by atoms with van der Waals surface area (Å²) in [5.74, 6) is 0. The third-order valence-electron chi connectivity index (χ3n) is 0.858. The smallest absolute Gasteiger partial charge is 0.119 e. The maximum absolute atomic E-state index is 5.02. The molecule has 1 radical (unpaired) electrons. The van der Waals surface area contributed by atoms with Crippen molar-refractivity contribution in [2.45, 2.75) is 13.8 Å². The van der Waals surface area contributed by atoms with Crippen LogP contribution in [0, 0.1) is 6.10 Å². The molecule has 0 rings (SSSR count). The molecule has 0 amide bonds. The van der Waals surface area contributed by atoms with Gasteiger partial charge in [0.25, 0.3) is 0 Å². The molecule has 0 N–H and O–H groups in total. The number of hydrogen-bond acceptors (Lipinski definition) is 2. The van der Waals surface area contributed by atoms with Crippen molar-refractivity contribution in [1.29, 1.82) is 0 Å². The molecule has 0 aliphatic carbocycles. The summed E-state index contributed by atoms with van der Waals surface area (Å²) in [5, 5.41) is 0. The van der Waals surface area contributed by atoms with Crippen LogP contribution in [0.1, 0.15) is 13.8 Å². The van der Waals surface area contributed by atoms with E-state index < -0.39 is 0 Å². The van der Waals surface area contributed by atoms with Crippen LogP contribution < -0.4 is 0 Å². The molecule has 0 unspecified atom stereocenters. The van der Waals surface area contributed by atoms with Crippen molar-refractivity contribution in [2.75, 3.05) is 20.3 Å². The Labute approximate surface area is 50.8 Å². The van der Waals surface area contributed by atoms with Gasteiger partial charge in [0, 0.05) is 13.7 Å². The van der Waals surface area contributed by atoms with Crippen LogP contribution in [-0.4, -0.2) is 20.3 Å². The summed E-state index contributed by atoms with van der Waals surface area (Å²) in [6.45, 7) is 5.23. The molecule has 0 aliphatic rings. The fraction of sp³-hybridized carbons (Fsp3) is 0.833. The molecule has 0 bridgehead atoms. The Balaban J connectivity index is 2.86. The average Bonchev–Trinajstić information content (AvgIpc) is 1.83. The molecule has 0 atom stereocenters. The molecule has 0 fully saturated rings. The van der Waals surface area contributed by atoms with Crippen molar-refractivity contribution in [3.8, 4) is 0 Å².